The van der Waals surface area contributed by atoms with Crippen LogP contribution in [0.3, 0.4) is 0 Å². The van der Waals surface area contributed by atoms with Gasteiger partial charge in [0, 0.05) is 16.7 Å². The SMILES string of the molecule is N=C(N)c1cc(Oc2cc(Br)cc(F)c2F)ccn1. The Bertz CT molecular complexity index is 649. The summed E-state index contributed by atoms with van der Waals surface area (Å²) in [4.78, 5) is 3.83. The van der Waals surface area contributed by atoms with Crippen molar-refractivity contribution in [1.82, 2.24) is 4.98 Å². The number of pyridine rings is 1. The minimum Gasteiger partial charge on any atom is -0.454 e. The fraction of sp³-hybridized carbons (Fsp3) is 0. The van der Waals surface area contributed by atoms with Crippen molar-refractivity contribution in [2.24, 2.45) is 5.73 Å². The number of benzene rings is 1. The molecule has 2 aromatic rings. The Kier molecular flexibility index (Phi) is 3.75. The average molecular weight is 328 g/mol. The van der Waals surface area contributed by atoms with Crippen LogP contribution >= 0.6 is 15.9 Å². The van der Waals surface area contributed by atoms with Crippen LogP contribution in [0.5, 0.6) is 11.5 Å². The van der Waals surface area contributed by atoms with Crippen LogP contribution in [0.4, 0.5) is 8.78 Å². The Labute approximate surface area is 115 Å². The molecule has 1 aromatic carbocycles. The number of aromatic nitrogens is 1. The molecule has 0 saturated heterocycles. The van der Waals surface area contributed by atoms with E-state index in [4.69, 9.17) is 15.9 Å². The summed E-state index contributed by atoms with van der Waals surface area (Å²) in [5.41, 5.74) is 5.47. The molecule has 1 heterocycles. The molecule has 0 fully saturated rings. The van der Waals surface area contributed by atoms with Crippen LogP contribution in [0.1, 0.15) is 5.69 Å². The third-order valence-corrected chi connectivity index (χ3v) is 2.65. The van der Waals surface area contributed by atoms with Gasteiger partial charge in [-0.3, -0.25) is 10.4 Å². The van der Waals surface area contributed by atoms with Gasteiger partial charge in [-0.1, -0.05) is 15.9 Å². The summed E-state index contributed by atoms with van der Waals surface area (Å²) in [5.74, 6) is -2.43. The van der Waals surface area contributed by atoms with Gasteiger partial charge in [-0.15, -0.1) is 0 Å². The van der Waals surface area contributed by atoms with Crippen LogP contribution in [0.15, 0.2) is 34.9 Å². The van der Waals surface area contributed by atoms with Crippen molar-refractivity contribution in [2.45, 2.75) is 0 Å². The molecule has 4 nitrogen and oxygen atoms in total. The van der Waals surface area contributed by atoms with Crippen LogP contribution in [0.2, 0.25) is 0 Å². The summed E-state index contributed by atoms with van der Waals surface area (Å²) in [6, 6.07) is 5.10. The molecule has 0 aliphatic carbocycles. The standard InChI is InChI=1S/C12H8BrF2N3O/c13-6-3-8(14)11(15)10(4-6)19-7-1-2-18-9(5-7)12(16)17/h1-5H,(H3,16,17). The van der Waals surface area contributed by atoms with Crippen molar-refractivity contribution in [1.29, 1.82) is 5.41 Å². The van der Waals surface area contributed by atoms with E-state index in [9.17, 15) is 8.78 Å². The lowest BCUT2D eigenvalue weighted by molar-refractivity contribution is 0.415. The molecule has 2 rings (SSSR count). The highest BCUT2D eigenvalue weighted by molar-refractivity contribution is 9.10. The van der Waals surface area contributed by atoms with E-state index >= 15 is 0 Å². The monoisotopic (exact) mass is 327 g/mol. The molecule has 0 saturated carbocycles. The second kappa shape index (κ2) is 5.31. The van der Waals surface area contributed by atoms with E-state index in [1.807, 2.05) is 0 Å². The second-order valence-corrected chi connectivity index (χ2v) is 4.51. The molecule has 0 spiro atoms. The fourth-order valence-electron chi connectivity index (χ4n) is 1.36. The molecule has 98 valence electrons. The van der Waals surface area contributed by atoms with E-state index in [-0.39, 0.29) is 23.0 Å². The van der Waals surface area contributed by atoms with Crippen molar-refractivity contribution in [2.75, 3.05) is 0 Å². The maximum absolute atomic E-state index is 13.5. The topological polar surface area (TPSA) is 72.0 Å². The molecule has 0 radical (unpaired) electrons. The Morgan fingerprint density at radius 2 is 2.05 bits per heavy atom. The Balaban J connectivity index is 2.36. The first-order valence-electron chi connectivity index (χ1n) is 5.10. The number of nitrogens with one attached hydrogen (secondary N) is 1. The summed E-state index contributed by atoms with van der Waals surface area (Å²) >= 11 is 3.05. The highest BCUT2D eigenvalue weighted by Gasteiger charge is 2.12. The van der Waals surface area contributed by atoms with Crippen LogP contribution in [0.25, 0.3) is 0 Å². The lowest BCUT2D eigenvalue weighted by Crippen LogP contribution is -2.12. The predicted molar refractivity (Wildman–Crippen MR) is 69.4 cm³/mol. The zero-order valence-electron chi connectivity index (χ0n) is 9.45. The van der Waals surface area contributed by atoms with E-state index < -0.39 is 11.6 Å². The van der Waals surface area contributed by atoms with Crippen LogP contribution < -0.4 is 10.5 Å². The molecule has 7 heteroatoms. The third kappa shape index (κ3) is 3.05. The Hall–Kier alpha value is -2.02. The largest absolute Gasteiger partial charge is 0.454 e. The molecular formula is C12H8BrF2N3O. The number of amidine groups is 1. The molecule has 0 aliphatic heterocycles. The summed E-state index contributed by atoms with van der Waals surface area (Å²) in [7, 11) is 0. The fourth-order valence-corrected chi connectivity index (χ4v) is 1.76. The highest BCUT2D eigenvalue weighted by Crippen LogP contribution is 2.29. The molecule has 0 atom stereocenters. The highest BCUT2D eigenvalue weighted by atomic mass is 79.9. The number of nitrogens with two attached hydrogens (primary N) is 1. The van der Waals surface area contributed by atoms with Gasteiger partial charge >= 0.3 is 0 Å². The molecule has 0 bridgehead atoms. The smallest absolute Gasteiger partial charge is 0.201 e. The van der Waals surface area contributed by atoms with E-state index in [0.717, 1.165) is 6.07 Å². The summed E-state index contributed by atoms with van der Waals surface area (Å²) in [5, 5.41) is 7.24. The summed E-state index contributed by atoms with van der Waals surface area (Å²) in [6.45, 7) is 0. The van der Waals surface area contributed by atoms with Gasteiger partial charge in [0.2, 0.25) is 5.82 Å². The van der Waals surface area contributed by atoms with Crippen molar-refractivity contribution >= 4 is 21.8 Å². The molecule has 19 heavy (non-hydrogen) atoms. The van der Waals surface area contributed by atoms with Gasteiger partial charge in [0.15, 0.2) is 11.6 Å². The predicted octanol–water partition coefficient (Wildman–Crippen LogP) is 3.20. The number of hydrogen-bond acceptors (Lipinski definition) is 3. The zero-order chi connectivity index (χ0) is 14.0. The maximum Gasteiger partial charge on any atom is 0.201 e. The number of hydrogen-bond donors (Lipinski definition) is 2. The Morgan fingerprint density at radius 1 is 1.32 bits per heavy atom. The molecular weight excluding hydrogens is 320 g/mol. The van der Waals surface area contributed by atoms with Crippen molar-refractivity contribution in [3.63, 3.8) is 0 Å². The lowest BCUT2D eigenvalue weighted by atomic mass is 10.3. The van der Waals surface area contributed by atoms with Crippen LogP contribution in [-0.4, -0.2) is 10.8 Å². The van der Waals surface area contributed by atoms with Gasteiger partial charge in [0.1, 0.15) is 17.3 Å². The van der Waals surface area contributed by atoms with Gasteiger partial charge in [0.05, 0.1) is 0 Å². The molecule has 1 aromatic heterocycles. The van der Waals surface area contributed by atoms with Gasteiger partial charge in [0.25, 0.3) is 0 Å². The van der Waals surface area contributed by atoms with E-state index in [1.165, 1.54) is 24.4 Å². The second-order valence-electron chi connectivity index (χ2n) is 3.59. The number of ether oxygens (including phenoxy) is 1. The first kappa shape index (κ1) is 13.4. The molecule has 0 aliphatic rings. The van der Waals surface area contributed by atoms with Crippen molar-refractivity contribution in [3.8, 4) is 11.5 Å². The first-order chi connectivity index (χ1) is 8.97. The molecule has 0 unspecified atom stereocenters. The van der Waals surface area contributed by atoms with E-state index in [1.54, 1.807) is 0 Å². The number of nitrogens with zero attached hydrogens (tertiary/aromatic N) is 1. The minimum atomic E-state index is -1.09. The summed E-state index contributed by atoms with van der Waals surface area (Å²) in [6.07, 6.45) is 1.36. The maximum atomic E-state index is 13.5. The van der Waals surface area contributed by atoms with Crippen molar-refractivity contribution < 1.29 is 13.5 Å². The van der Waals surface area contributed by atoms with E-state index in [0.29, 0.717) is 4.47 Å². The third-order valence-electron chi connectivity index (χ3n) is 2.19. The minimum absolute atomic E-state index is 0.188. The zero-order valence-corrected chi connectivity index (χ0v) is 11.0. The van der Waals surface area contributed by atoms with Gasteiger partial charge in [-0.25, -0.2) is 4.39 Å². The van der Waals surface area contributed by atoms with Gasteiger partial charge < -0.3 is 10.5 Å². The number of halogens is 3. The van der Waals surface area contributed by atoms with Gasteiger partial charge in [-0.05, 0) is 18.2 Å². The normalized spacial score (nSPS) is 10.3. The average Bonchev–Trinajstić information content (AvgIpc) is 2.35. The molecule has 3 N–H and O–H groups in total. The molecule has 0 amide bonds. The Morgan fingerprint density at radius 3 is 2.74 bits per heavy atom. The van der Waals surface area contributed by atoms with Crippen LogP contribution in [0, 0.1) is 17.0 Å². The number of rotatable bonds is 3. The number of nitrogen functional groups attached to an aromatic ring is 1. The first-order valence-corrected chi connectivity index (χ1v) is 5.89. The van der Waals surface area contributed by atoms with Crippen molar-refractivity contribution in [3.05, 3.63) is 52.3 Å². The summed E-state index contributed by atoms with van der Waals surface area (Å²) < 4.78 is 32.3. The quantitative estimate of drug-likeness (QED) is 0.516. The lowest BCUT2D eigenvalue weighted by Gasteiger charge is -2.08. The van der Waals surface area contributed by atoms with E-state index in [2.05, 4.69) is 20.9 Å². The van der Waals surface area contributed by atoms with Gasteiger partial charge in [-0.2, -0.15) is 4.39 Å². The van der Waals surface area contributed by atoms with Crippen LogP contribution in [-0.2, 0) is 0 Å².